The zero-order valence-corrected chi connectivity index (χ0v) is 10.5. The number of rotatable bonds is 4. The molecule has 1 heterocycles. The lowest BCUT2D eigenvalue weighted by molar-refractivity contribution is 0.0939. The van der Waals surface area contributed by atoms with Crippen LogP contribution in [0, 0.1) is 6.92 Å². The zero-order chi connectivity index (χ0) is 11.3. The van der Waals surface area contributed by atoms with Crippen molar-refractivity contribution < 1.29 is 4.79 Å². The molecule has 0 saturated carbocycles. The number of nitrogens with one attached hydrogen (secondary N) is 1. The van der Waals surface area contributed by atoms with Gasteiger partial charge in [-0.15, -0.1) is 0 Å². The topological polar surface area (TPSA) is 42.0 Å². The molecule has 1 atom stereocenters. The van der Waals surface area contributed by atoms with E-state index in [0.29, 0.717) is 5.56 Å². The number of nitrogens with zero attached hydrogens (tertiary/aromatic N) is 1. The van der Waals surface area contributed by atoms with E-state index in [-0.39, 0.29) is 11.9 Å². The van der Waals surface area contributed by atoms with Crippen LogP contribution in [0.5, 0.6) is 0 Å². The van der Waals surface area contributed by atoms with E-state index in [9.17, 15) is 4.79 Å². The SMILES string of the molecule is Cc1cc(C(=O)NC(C)CCBr)ccn1. The molecule has 0 bridgehead atoms. The number of aromatic nitrogens is 1. The molecule has 0 saturated heterocycles. The van der Waals surface area contributed by atoms with E-state index in [4.69, 9.17) is 0 Å². The van der Waals surface area contributed by atoms with Crippen molar-refractivity contribution in [3.8, 4) is 0 Å². The van der Waals surface area contributed by atoms with Crippen molar-refractivity contribution >= 4 is 21.8 Å². The summed E-state index contributed by atoms with van der Waals surface area (Å²) >= 11 is 3.35. The van der Waals surface area contributed by atoms with Gasteiger partial charge in [-0.05, 0) is 32.4 Å². The first kappa shape index (κ1) is 12.2. The third-order valence-corrected chi connectivity index (χ3v) is 2.54. The van der Waals surface area contributed by atoms with E-state index in [1.165, 1.54) is 0 Å². The molecule has 0 fully saturated rings. The Labute approximate surface area is 98.4 Å². The molecule has 0 aliphatic carbocycles. The molecule has 0 aliphatic heterocycles. The molecule has 1 amide bonds. The van der Waals surface area contributed by atoms with Crippen LogP contribution in [0.4, 0.5) is 0 Å². The number of pyridine rings is 1. The Morgan fingerprint density at radius 1 is 1.67 bits per heavy atom. The normalized spacial score (nSPS) is 12.2. The quantitative estimate of drug-likeness (QED) is 0.854. The van der Waals surface area contributed by atoms with Crippen LogP contribution < -0.4 is 5.32 Å². The fourth-order valence-electron chi connectivity index (χ4n) is 1.23. The average Bonchev–Trinajstić information content (AvgIpc) is 2.18. The van der Waals surface area contributed by atoms with Gasteiger partial charge in [-0.25, -0.2) is 0 Å². The van der Waals surface area contributed by atoms with Crippen LogP contribution in [0.25, 0.3) is 0 Å². The lowest BCUT2D eigenvalue weighted by Crippen LogP contribution is -2.32. The maximum Gasteiger partial charge on any atom is 0.251 e. The van der Waals surface area contributed by atoms with Gasteiger partial charge in [0.05, 0.1) is 0 Å². The first-order valence-corrected chi connectivity index (χ1v) is 6.05. The highest BCUT2D eigenvalue weighted by molar-refractivity contribution is 9.09. The molecule has 1 aromatic heterocycles. The minimum absolute atomic E-state index is 0.0334. The summed E-state index contributed by atoms with van der Waals surface area (Å²) < 4.78 is 0. The van der Waals surface area contributed by atoms with Gasteiger partial charge in [0.15, 0.2) is 0 Å². The Balaban J connectivity index is 2.61. The van der Waals surface area contributed by atoms with Gasteiger partial charge in [-0.2, -0.15) is 0 Å². The second-order valence-electron chi connectivity index (χ2n) is 3.54. The van der Waals surface area contributed by atoms with Gasteiger partial charge in [0.25, 0.3) is 5.91 Å². The summed E-state index contributed by atoms with van der Waals surface area (Å²) in [6.45, 7) is 3.87. The predicted octanol–water partition coefficient (Wildman–Crippen LogP) is 2.29. The number of aryl methyl sites for hydroxylation is 1. The Morgan fingerprint density at radius 2 is 2.40 bits per heavy atom. The van der Waals surface area contributed by atoms with Gasteiger partial charge in [0.2, 0.25) is 0 Å². The number of alkyl halides is 1. The molecule has 1 rings (SSSR count). The number of hydrogen-bond donors (Lipinski definition) is 1. The van der Waals surface area contributed by atoms with Crippen LogP contribution in [0.15, 0.2) is 18.3 Å². The second-order valence-corrected chi connectivity index (χ2v) is 4.33. The largest absolute Gasteiger partial charge is 0.350 e. The van der Waals surface area contributed by atoms with Gasteiger partial charge in [0.1, 0.15) is 0 Å². The monoisotopic (exact) mass is 270 g/mol. The Hall–Kier alpha value is -0.900. The summed E-state index contributed by atoms with van der Waals surface area (Å²) in [6.07, 6.45) is 2.58. The first-order valence-electron chi connectivity index (χ1n) is 4.93. The van der Waals surface area contributed by atoms with Crippen molar-refractivity contribution in [2.75, 3.05) is 5.33 Å². The molecule has 1 aromatic rings. The van der Waals surface area contributed by atoms with Crippen LogP contribution in [-0.4, -0.2) is 22.3 Å². The third kappa shape index (κ3) is 4.00. The predicted molar refractivity (Wildman–Crippen MR) is 64.3 cm³/mol. The summed E-state index contributed by atoms with van der Waals surface area (Å²) in [4.78, 5) is 15.8. The van der Waals surface area contributed by atoms with Crippen LogP contribution in [0.1, 0.15) is 29.4 Å². The summed E-state index contributed by atoms with van der Waals surface area (Å²) in [7, 11) is 0. The summed E-state index contributed by atoms with van der Waals surface area (Å²) in [5.74, 6) is -0.0334. The number of carbonyl (C=O) groups is 1. The van der Waals surface area contributed by atoms with Gasteiger partial charge in [0, 0.05) is 28.8 Å². The Morgan fingerprint density at radius 3 is 3.00 bits per heavy atom. The highest BCUT2D eigenvalue weighted by Gasteiger charge is 2.08. The highest BCUT2D eigenvalue weighted by atomic mass is 79.9. The van der Waals surface area contributed by atoms with Crippen molar-refractivity contribution in [1.82, 2.24) is 10.3 Å². The molecule has 15 heavy (non-hydrogen) atoms. The minimum atomic E-state index is -0.0334. The summed E-state index contributed by atoms with van der Waals surface area (Å²) in [6, 6.07) is 3.70. The van der Waals surface area contributed by atoms with E-state index < -0.39 is 0 Å². The molecule has 0 aliphatic rings. The van der Waals surface area contributed by atoms with Crippen molar-refractivity contribution in [2.45, 2.75) is 26.3 Å². The molecule has 4 heteroatoms. The maximum atomic E-state index is 11.7. The van der Waals surface area contributed by atoms with Crippen LogP contribution in [-0.2, 0) is 0 Å². The first-order chi connectivity index (χ1) is 7.13. The van der Waals surface area contributed by atoms with E-state index in [2.05, 4.69) is 26.2 Å². The van der Waals surface area contributed by atoms with Gasteiger partial charge >= 0.3 is 0 Å². The van der Waals surface area contributed by atoms with Crippen LogP contribution in [0.2, 0.25) is 0 Å². The van der Waals surface area contributed by atoms with E-state index >= 15 is 0 Å². The smallest absolute Gasteiger partial charge is 0.251 e. The molecule has 0 aromatic carbocycles. The zero-order valence-electron chi connectivity index (χ0n) is 8.96. The summed E-state index contributed by atoms with van der Waals surface area (Å²) in [5, 5.41) is 3.82. The molecular weight excluding hydrogens is 256 g/mol. The van der Waals surface area contributed by atoms with Crippen molar-refractivity contribution in [2.24, 2.45) is 0 Å². The fraction of sp³-hybridized carbons (Fsp3) is 0.455. The molecule has 0 spiro atoms. The minimum Gasteiger partial charge on any atom is -0.350 e. The Kier molecular flexibility index (Phi) is 4.75. The lowest BCUT2D eigenvalue weighted by atomic mass is 10.2. The molecule has 1 unspecified atom stereocenters. The van der Waals surface area contributed by atoms with Crippen molar-refractivity contribution in [3.05, 3.63) is 29.6 Å². The molecule has 0 radical (unpaired) electrons. The second kappa shape index (κ2) is 5.85. The lowest BCUT2D eigenvalue weighted by Gasteiger charge is -2.12. The average molecular weight is 271 g/mol. The van der Waals surface area contributed by atoms with E-state index in [1.807, 2.05) is 13.8 Å². The van der Waals surface area contributed by atoms with Crippen LogP contribution in [0.3, 0.4) is 0 Å². The fourth-order valence-corrected chi connectivity index (χ4v) is 1.92. The van der Waals surface area contributed by atoms with Gasteiger partial charge in [-0.3, -0.25) is 9.78 Å². The van der Waals surface area contributed by atoms with Crippen molar-refractivity contribution in [3.63, 3.8) is 0 Å². The number of carbonyl (C=O) groups excluding carboxylic acids is 1. The van der Waals surface area contributed by atoms with E-state index in [0.717, 1.165) is 17.4 Å². The number of halogens is 1. The van der Waals surface area contributed by atoms with Crippen LogP contribution >= 0.6 is 15.9 Å². The Bertz CT molecular complexity index is 341. The van der Waals surface area contributed by atoms with Gasteiger partial charge < -0.3 is 5.32 Å². The number of hydrogen-bond acceptors (Lipinski definition) is 2. The summed E-state index contributed by atoms with van der Waals surface area (Å²) in [5.41, 5.74) is 1.53. The molecule has 3 nitrogen and oxygen atoms in total. The van der Waals surface area contributed by atoms with Crippen molar-refractivity contribution in [1.29, 1.82) is 0 Å². The highest BCUT2D eigenvalue weighted by Crippen LogP contribution is 2.02. The standard InChI is InChI=1S/C11H15BrN2O/c1-8(3-5-12)14-11(15)10-4-6-13-9(2)7-10/h4,6-8H,3,5H2,1-2H3,(H,14,15). The third-order valence-electron chi connectivity index (χ3n) is 2.08. The molecule has 82 valence electrons. The number of amides is 1. The maximum absolute atomic E-state index is 11.7. The van der Waals surface area contributed by atoms with Gasteiger partial charge in [-0.1, -0.05) is 15.9 Å². The molecule has 1 N–H and O–H groups in total. The molecular formula is C11H15BrN2O. The van der Waals surface area contributed by atoms with E-state index in [1.54, 1.807) is 18.3 Å².